The average Bonchev–Trinajstić information content (AvgIpc) is 2.97. The Bertz CT molecular complexity index is 636. The van der Waals surface area contributed by atoms with Gasteiger partial charge in [0.15, 0.2) is 6.61 Å². The normalized spacial score (nSPS) is 11.7. The zero-order chi connectivity index (χ0) is 15.9. The van der Waals surface area contributed by atoms with Crippen molar-refractivity contribution in [1.29, 1.82) is 0 Å². The number of thiophene rings is 1. The van der Waals surface area contributed by atoms with E-state index >= 15 is 0 Å². The molecule has 0 spiro atoms. The van der Waals surface area contributed by atoms with Crippen molar-refractivity contribution in [2.75, 3.05) is 13.2 Å². The fraction of sp³-hybridized carbons (Fsp3) is 0.294. The molecule has 2 rings (SSSR count). The molecule has 0 unspecified atom stereocenters. The maximum Gasteiger partial charge on any atom is 0.349 e. The zero-order valence-corrected chi connectivity index (χ0v) is 13.5. The predicted molar refractivity (Wildman–Crippen MR) is 87.2 cm³/mol. The van der Waals surface area contributed by atoms with Crippen LogP contribution in [0.3, 0.4) is 0 Å². The van der Waals surface area contributed by atoms with Gasteiger partial charge in [0.25, 0.3) is 5.91 Å². The number of hydrogen-bond donors (Lipinski definition) is 1. The molecule has 2 aromatic rings. The Labute approximate surface area is 134 Å². The second-order valence-corrected chi connectivity index (χ2v) is 6.04. The summed E-state index contributed by atoms with van der Waals surface area (Å²) in [4.78, 5) is 24.1. The molecule has 4 nitrogen and oxygen atoms in total. The minimum absolute atomic E-state index is 0.209. The fourth-order valence-electron chi connectivity index (χ4n) is 2.00. The second-order valence-electron chi connectivity index (χ2n) is 5.12. The maximum absolute atomic E-state index is 11.8. The quantitative estimate of drug-likeness (QED) is 0.833. The molecule has 116 valence electrons. The van der Waals surface area contributed by atoms with Gasteiger partial charge in [0.1, 0.15) is 4.88 Å². The molecule has 0 radical (unpaired) electrons. The lowest BCUT2D eigenvalue weighted by Crippen LogP contribution is -2.31. The number of amides is 1. The van der Waals surface area contributed by atoms with Crippen LogP contribution in [0.25, 0.3) is 0 Å². The highest BCUT2D eigenvalue weighted by atomic mass is 32.1. The Morgan fingerprint density at radius 3 is 2.59 bits per heavy atom. The minimum atomic E-state index is -0.446. The lowest BCUT2D eigenvalue weighted by atomic mass is 10.0. The van der Waals surface area contributed by atoms with Gasteiger partial charge in [-0.1, -0.05) is 37.3 Å². The molecule has 0 saturated heterocycles. The van der Waals surface area contributed by atoms with Crippen molar-refractivity contribution in [3.05, 3.63) is 57.8 Å². The molecule has 0 aliphatic carbocycles. The van der Waals surface area contributed by atoms with Crippen molar-refractivity contribution in [3.63, 3.8) is 0 Å². The van der Waals surface area contributed by atoms with E-state index in [0.717, 1.165) is 11.1 Å². The van der Waals surface area contributed by atoms with E-state index in [0.29, 0.717) is 11.4 Å². The lowest BCUT2D eigenvalue weighted by Gasteiger charge is -2.13. The van der Waals surface area contributed by atoms with Crippen LogP contribution in [0.5, 0.6) is 0 Å². The number of esters is 1. The van der Waals surface area contributed by atoms with E-state index in [-0.39, 0.29) is 18.4 Å². The van der Waals surface area contributed by atoms with E-state index in [1.807, 2.05) is 55.6 Å². The molecule has 1 aromatic heterocycles. The standard InChI is InChI=1S/C17H19NO3S/c1-12-8-9-22-16(12)17(20)21-11-15(19)18-10-13(2)14-6-4-3-5-7-14/h3-9,13H,10-11H2,1-2H3,(H,18,19)/t13-/m0/s1. The Morgan fingerprint density at radius 2 is 1.95 bits per heavy atom. The maximum atomic E-state index is 11.8. The molecule has 0 fully saturated rings. The van der Waals surface area contributed by atoms with Gasteiger partial charge >= 0.3 is 5.97 Å². The number of rotatable bonds is 6. The lowest BCUT2D eigenvalue weighted by molar-refractivity contribution is -0.124. The molecule has 1 atom stereocenters. The zero-order valence-electron chi connectivity index (χ0n) is 12.7. The highest BCUT2D eigenvalue weighted by Crippen LogP contribution is 2.16. The topological polar surface area (TPSA) is 55.4 Å². The van der Waals surface area contributed by atoms with Crippen LogP contribution < -0.4 is 5.32 Å². The van der Waals surface area contributed by atoms with Gasteiger partial charge in [0.05, 0.1) is 0 Å². The molecule has 0 bridgehead atoms. The Morgan fingerprint density at radius 1 is 1.23 bits per heavy atom. The second kappa shape index (κ2) is 7.75. The van der Waals surface area contributed by atoms with Gasteiger partial charge < -0.3 is 10.1 Å². The number of hydrogen-bond acceptors (Lipinski definition) is 4. The minimum Gasteiger partial charge on any atom is -0.451 e. The largest absolute Gasteiger partial charge is 0.451 e. The van der Waals surface area contributed by atoms with Crippen LogP contribution in [0.4, 0.5) is 0 Å². The molecular weight excluding hydrogens is 298 g/mol. The summed E-state index contributed by atoms with van der Waals surface area (Å²) < 4.78 is 5.03. The molecule has 22 heavy (non-hydrogen) atoms. The number of carbonyl (C=O) groups is 2. The summed E-state index contributed by atoms with van der Waals surface area (Å²) in [7, 11) is 0. The van der Waals surface area contributed by atoms with Gasteiger partial charge in [0.2, 0.25) is 0 Å². The number of ether oxygens (including phenoxy) is 1. The smallest absolute Gasteiger partial charge is 0.349 e. The Kier molecular flexibility index (Phi) is 5.72. The van der Waals surface area contributed by atoms with E-state index in [1.54, 1.807) is 0 Å². The first-order valence-corrected chi connectivity index (χ1v) is 7.98. The summed E-state index contributed by atoms with van der Waals surface area (Å²) >= 11 is 1.32. The Balaban J connectivity index is 1.74. The third-order valence-electron chi connectivity index (χ3n) is 3.36. The summed E-state index contributed by atoms with van der Waals surface area (Å²) in [6, 6.07) is 11.8. The number of benzene rings is 1. The van der Waals surface area contributed by atoms with Crippen LogP contribution in [0.1, 0.15) is 33.6 Å². The van der Waals surface area contributed by atoms with Gasteiger partial charge in [-0.05, 0) is 35.4 Å². The molecule has 0 aliphatic heterocycles. The summed E-state index contributed by atoms with van der Waals surface area (Å²) in [5, 5.41) is 4.61. The van der Waals surface area contributed by atoms with E-state index < -0.39 is 5.97 Å². The highest BCUT2D eigenvalue weighted by molar-refractivity contribution is 7.12. The van der Waals surface area contributed by atoms with Gasteiger partial charge in [-0.15, -0.1) is 11.3 Å². The van der Waals surface area contributed by atoms with Crippen LogP contribution in [0.15, 0.2) is 41.8 Å². The molecule has 0 aliphatic rings. The van der Waals surface area contributed by atoms with E-state index in [4.69, 9.17) is 4.74 Å². The van der Waals surface area contributed by atoms with E-state index in [1.165, 1.54) is 11.3 Å². The molecular formula is C17H19NO3S. The van der Waals surface area contributed by atoms with Gasteiger partial charge in [0, 0.05) is 6.54 Å². The molecule has 1 aromatic carbocycles. The first-order chi connectivity index (χ1) is 10.6. The number of nitrogens with one attached hydrogen (secondary N) is 1. The summed E-state index contributed by atoms with van der Waals surface area (Å²) in [5.74, 6) is -0.524. The van der Waals surface area contributed by atoms with Crippen LogP contribution >= 0.6 is 11.3 Å². The number of aryl methyl sites for hydroxylation is 1. The van der Waals surface area contributed by atoms with Crippen LogP contribution in [0.2, 0.25) is 0 Å². The first-order valence-electron chi connectivity index (χ1n) is 7.10. The fourth-order valence-corrected chi connectivity index (χ4v) is 2.81. The van der Waals surface area contributed by atoms with Crippen LogP contribution in [-0.2, 0) is 9.53 Å². The summed E-state index contributed by atoms with van der Waals surface area (Å²) in [6.45, 7) is 4.14. The van der Waals surface area contributed by atoms with Gasteiger partial charge in [-0.25, -0.2) is 4.79 Å². The van der Waals surface area contributed by atoms with Crippen molar-refractivity contribution in [2.45, 2.75) is 19.8 Å². The molecule has 1 N–H and O–H groups in total. The third kappa shape index (κ3) is 4.43. The average molecular weight is 317 g/mol. The van der Waals surface area contributed by atoms with Gasteiger partial charge in [-0.2, -0.15) is 0 Å². The molecule has 1 amide bonds. The first kappa shape index (κ1) is 16.2. The SMILES string of the molecule is Cc1ccsc1C(=O)OCC(=O)NC[C@H](C)c1ccccc1. The van der Waals surface area contributed by atoms with E-state index in [9.17, 15) is 9.59 Å². The highest BCUT2D eigenvalue weighted by Gasteiger charge is 2.14. The van der Waals surface area contributed by atoms with Crippen molar-refractivity contribution >= 4 is 23.2 Å². The van der Waals surface area contributed by atoms with Crippen molar-refractivity contribution in [3.8, 4) is 0 Å². The van der Waals surface area contributed by atoms with E-state index in [2.05, 4.69) is 5.32 Å². The Hall–Kier alpha value is -2.14. The third-order valence-corrected chi connectivity index (χ3v) is 4.35. The van der Waals surface area contributed by atoms with Crippen LogP contribution in [-0.4, -0.2) is 25.0 Å². The summed E-state index contributed by atoms with van der Waals surface area (Å²) in [6.07, 6.45) is 0. The van der Waals surface area contributed by atoms with Gasteiger partial charge in [-0.3, -0.25) is 4.79 Å². The monoisotopic (exact) mass is 317 g/mol. The molecule has 0 saturated carbocycles. The summed E-state index contributed by atoms with van der Waals surface area (Å²) in [5.41, 5.74) is 2.03. The predicted octanol–water partition coefficient (Wildman–Crippen LogP) is 3.13. The molecule has 5 heteroatoms. The van der Waals surface area contributed by atoms with Crippen molar-refractivity contribution < 1.29 is 14.3 Å². The number of carbonyl (C=O) groups excluding carboxylic acids is 2. The molecule has 1 heterocycles. The van der Waals surface area contributed by atoms with Crippen LogP contribution in [0, 0.1) is 6.92 Å². The van der Waals surface area contributed by atoms with Crippen molar-refractivity contribution in [1.82, 2.24) is 5.32 Å². The van der Waals surface area contributed by atoms with Crippen molar-refractivity contribution in [2.24, 2.45) is 0 Å².